The Bertz CT molecular complexity index is 884. The van der Waals surface area contributed by atoms with Crippen molar-refractivity contribution in [3.8, 4) is 0 Å². The largest absolute Gasteiger partial charge is 0.291 e. The molecule has 0 unspecified atom stereocenters. The maximum absolute atomic E-state index is 12.1. The Labute approximate surface area is 121 Å². The normalized spacial score (nSPS) is 12.5. The molecule has 3 aromatic rings. The quantitative estimate of drug-likeness (QED) is 0.693. The van der Waals surface area contributed by atoms with E-state index in [0.29, 0.717) is 30.9 Å². The molecule has 0 aliphatic heterocycles. The van der Waals surface area contributed by atoms with Crippen molar-refractivity contribution in [1.29, 1.82) is 0 Å². The fourth-order valence-corrected chi connectivity index (χ4v) is 3.01. The highest BCUT2D eigenvalue weighted by molar-refractivity contribution is 7.15. The second kappa shape index (κ2) is 4.59. The maximum atomic E-state index is 12.1. The van der Waals surface area contributed by atoms with Crippen molar-refractivity contribution in [1.82, 2.24) is 14.6 Å². The van der Waals surface area contributed by atoms with E-state index in [9.17, 15) is 4.79 Å². The van der Waals surface area contributed by atoms with Crippen LogP contribution in [-0.2, 0) is 0 Å². The van der Waals surface area contributed by atoms with Crippen molar-refractivity contribution in [2.75, 3.05) is 0 Å². The molecule has 0 spiro atoms. The van der Waals surface area contributed by atoms with Crippen LogP contribution in [0.5, 0.6) is 0 Å². The molecule has 2 aromatic heterocycles. The molecule has 0 amide bonds. The Kier molecular flexibility index (Phi) is 3.05. The van der Waals surface area contributed by atoms with Gasteiger partial charge < -0.3 is 0 Å². The molecule has 0 saturated heterocycles. The van der Waals surface area contributed by atoms with Crippen LogP contribution in [0, 0.1) is 6.92 Å². The topological polar surface area (TPSA) is 47.3 Å². The van der Waals surface area contributed by atoms with E-state index in [4.69, 9.17) is 23.2 Å². The van der Waals surface area contributed by atoms with E-state index in [-0.39, 0.29) is 5.56 Å². The number of hydrogen-bond donors (Lipinski definition) is 0. The minimum atomic E-state index is -0.198. The van der Waals surface area contributed by atoms with Crippen molar-refractivity contribution in [2.24, 2.45) is 0 Å². The molecule has 4 nitrogen and oxygen atoms in total. The Balaban J connectivity index is 2.26. The van der Waals surface area contributed by atoms with Crippen molar-refractivity contribution >= 4 is 45.6 Å². The van der Waals surface area contributed by atoms with Gasteiger partial charge in [-0.1, -0.05) is 46.7 Å². The van der Waals surface area contributed by atoms with E-state index in [1.165, 1.54) is 15.9 Å². The van der Waals surface area contributed by atoms with Gasteiger partial charge in [0.25, 0.3) is 5.56 Å². The summed E-state index contributed by atoms with van der Waals surface area (Å²) in [5.41, 5.74) is 0.504. The standard InChI is InChI=1S/C12H7Cl2N3OS/c1-6-15-12-17(16-6)11(18)9(19-12)5-7-3-2-4-8(13)10(7)14/h2-5H,1H3/b9-5-. The molecule has 2 heterocycles. The van der Waals surface area contributed by atoms with Crippen LogP contribution in [0.3, 0.4) is 0 Å². The number of hydrogen-bond acceptors (Lipinski definition) is 4. The molecule has 19 heavy (non-hydrogen) atoms. The van der Waals surface area contributed by atoms with Crippen molar-refractivity contribution in [2.45, 2.75) is 6.92 Å². The molecule has 0 atom stereocenters. The second-order valence-electron chi connectivity index (χ2n) is 3.91. The highest BCUT2D eigenvalue weighted by Crippen LogP contribution is 2.25. The van der Waals surface area contributed by atoms with Crippen molar-refractivity contribution in [3.05, 3.63) is 54.5 Å². The molecule has 0 radical (unpaired) electrons. The van der Waals surface area contributed by atoms with E-state index < -0.39 is 0 Å². The van der Waals surface area contributed by atoms with Gasteiger partial charge in [-0.3, -0.25) is 4.79 Å². The summed E-state index contributed by atoms with van der Waals surface area (Å²) in [6, 6.07) is 5.28. The Hall–Kier alpha value is -1.43. The third-order valence-corrected chi connectivity index (χ3v) is 4.35. The SMILES string of the molecule is Cc1nc2s/c(=C\c3cccc(Cl)c3Cl)c(=O)n2n1. The van der Waals surface area contributed by atoms with Gasteiger partial charge in [-0.25, -0.2) is 4.98 Å². The summed E-state index contributed by atoms with van der Waals surface area (Å²) in [6.07, 6.45) is 1.70. The van der Waals surface area contributed by atoms with E-state index in [0.717, 1.165) is 0 Å². The van der Waals surface area contributed by atoms with Crippen molar-refractivity contribution < 1.29 is 0 Å². The number of thiazole rings is 1. The highest BCUT2D eigenvalue weighted by atomic mass is 35.5. The van der Waals surface area contributed by atoms with Gasteiger partial charge in [-0.2, -0.15) is 4.52 Å². The van der Waals surface area contributed by atoms with Gasteiger partial charge in [0.2, 0.25) is 4.96 Å². The second-order valence-corrected chi connectivity index (χ2v) is 5.71. The van der Waals surface area contributed by atoms with Crippen LogP contribution < -0.4 is 10.1 Å². The first kappa shape index (κ1) is 12.6. The molecule has 0 bridgehead atoms. The Morgan fingerprint density at radius 3 is 2.89 bits per heavy atom. The van der Waals surface area contributed by atoms with Gasteiger partial charge in [-0.15, -0.1) is 5.10 Å². The van der Waals surface area contributed by atoms with Gasteiger partial charge in [-0.05, 0) is 24.6 Å². The molecule has 1 aromatic carbocycles. The average molecular weight is 312 g/mol. The van der Waals surface area contributed by atoms with Gasteiger partial charge >= 0.3 is 0 Å². The van der Waals surface area contributed by atoms with E-state index in [1.807, 2.05) is 0 Å². The predicted molar refractivity (Wildman–Crippen MR) is 77.1 cm³/mol. The van der Waals surface area contributed by atoms with Crippen molar-refractivity contribution in [3.63, 3.8) is 0 Å². The molecule has 0 fully saturated rings. The Morgan fingerprint density at radius 2 is 2.16 bits per heavy atom. The number of halogens is 2. The van der Waals surface area contributed by atoms with Gasteiger partial charge in [0, 0.05) is 0 Å². The van der Waals surface area contributed by atoms with Gasteiger partial charge in [0.1, 0.15) is 5.82 Å². The lowest BCUT2D eigenvalue weighted by molar-refractivity contribution is 0.904. The van der Waals surface area contributed by atoms with Crippen LogP contribution in [0.4, 0.5) is 0 Å². The van der Waals surface area contributed by atoms with Gasteiger partial charge in [0.05, 0.1) is 14.6 Å². The first-order valence-electron chi connectivity index (χ1n) is 5.38. The smallest absolute Gasteiger partial charge is 0.266 e. The van der Waals surface area contributed by atoms with Crippen LogP contribution in [0.2, 0.25) is 10.0 Å². The van der Waals surface area contributed by atoms with Gasteiger partial charge in [0.15, 0.2) is 0 Å². The fraction of sp³-hybridized carbons (Fsp3) is 0.0833. The summed E-state index contributed by atoms with van der Waals surface area (Å²) < 4.78 is 1.82. The zero-order valence-electron chi connectivity index (χ0n) is 9.72. The average Bonchev–Trinajstić information content (AvgIpc) is 2.85. The molecule has 3 rings (SSSR count). The third kappa shape index (κ3) is 2.14. The number of nitrogens with zero attached hydrogens (tertiary/aromatic N) is 3. The van der Waals surface area contributed by atoms with E-state index in [2.05, 4.69) is 10.1 Å². The first-order valence-corrected chi connectivity index (χ1v) is 6.95. The lowest BCUT2D eigenvalue weighted by Gasteiger charge is -1.98. The lowest BCUT2D eigenvalue weighted by Crippen LogP contribution is -2.23. The minimum Gasteiger partial charge on any atom is -0.266 e. The molecular formula is C12H7Cl2N3OS. The summed E-state index contributed by atoms with van der Waals surface area (Å²) in [6.45, 7) is 1.75. The number of benzene rings is 1. The van der Waals surface area contributed by atoms with Crippen LogP contribution >= 0.6 is 34.5 Å². The molecule has 7 heteroatoms. The first-order chi connectivity index (χ1) is 9.06. The Morgan fingerprint density at radius 1 is 1.37 bits per heavy atom. The van der Waals surface area contributed by atoms with Crippen LogP contribution in [0.15, 0.2) is 23.0 Å². The zero-order valence-corrected chi connectivity index (χ0v) is 12.1. The number of aromatic nitrogens is 3. The molecule has 0 aliphatic rings. The summed E-state index contributed by atoms with van der Waals surface area (Å²) in [7, 11) is 0. The maximum Gasteiger partial charge on any atom is 0.291 e. The van der Waals surface area contributed by atoms with E-state index >= 15 is 0 Å². The van der Waals surface area contributed by atoms with Crippen LogP contribution in [-0.4, -0.2) is 14.6 Å². The van der Waals surface area contributed by atoms with E-state index in [1.54, 1.807) is 31.2 Å². The zero-order chi connectivity index (χ0) is 13.6. The minimum absolute atomic E-state index is 0.198. The summed E-state index contributed by atoms with van der Waals surface area (Å²) in [5, 5.41) is 4.93. The monoisotopic (exact) mass is 311 g/mol. The van der Waals surface area contributed by atoms with Crippen LogP contribution in [0.1, 0.15) is 11.4 Å². The molecule has 0 saturated carbocycles. The summed E-state index contributed by atoms with van der Waals surface area (Å²) >= 11 is 13.3. The number of rotatable bonds is 1. The number of fused-ring (bicyclic) bond motifs is 1. The van der Waals surface area contributed by atoms with Crippen LogP contribution in [0.25, 0.3) is 11.0 Å². The number of aryl methyl sites for hydroxylation is 1. The summed E-state index contributed by atoms with van der Waals surface area (Å²) in [4.78, 5) is 16.8. The predicted octanol–water partition coefficient (Wildman–Crippen LogP) is 2.31. The molecule has 96 valence electrons. The fourth-order valence-electron chi connectivity index (χ4n) is 1.70. The summed E-state index contributed by atoms with van der Waals surface area (Å²) in [5.74, 6) is 0.579. The highest BCUT2D eigenvalue weighted by Gasteiger charge is 2.08. The third-order valence-electron chi connectivity index (χ3n) is 2.56. The molecule has 0 N–H and O–H groups in total. The molecule has 0 aliphatic carbocycles. The molecular weight excluding hydrogens is 305 g/mol. The lowest BCUT2D eigenvalue weighted by atomic mass is 10.2.